The number of imide groups is 1. The fourth-order valence-corrected chi connectivity index (χ4v) is 3.93. The van der Waals surface area contributed by atoms with Crippen molar-refractivity contribution in [1.29, 1.82) is 0 Å². The van der Waals surface area contributed by atoms with Crippen LogP contribution in [0, 0.1) is 0 Å². The lowest BCUT2D eigenvalue weighted by atomic mass is 10.0. The van der Waals surface area contributed by atoms with E-state index in [1.807, 2.05) is 6.07 Å². The molecule has 0 radical (unpaired) electrons. The van der Waals surface area contributed by atoms with E-state index in [1.54, 1.807) is 50.6 Å². The first-order chi connectivity index (χ1) is 16.8. The van der Waals surface area contributed by atoms with Crippen LogP contribution in [0.1, 0.15) is 53.9 Å². The van der Waals surface area contributed by atoms with Crippen molar-refractivity contribution in [3.63, 3.8) is 0 Å². The first-order valence-corrected chi connectivity index (χ1v) is 11.0. The number of hydrogen-bond donors (Lipinski definition) is 1. The number of nitrogens with one attached hydrogen (secondary N) is 1. The van der Waals surface area contributed by atoms with Gasteiger partial charge < -0.3 is 14.8 Å². The van der Waals surface area contributed by atoms with Gasteiger partial charge >= 0.3 is 0 Å². The van der Waals surface area contributed by atoms with Gasteiger partial charge in [-0.3, -0.25) is 24.1 Å². The largest absolute Gasteiger partial charge is 0.493 e. The summed E-state index contributed by atoms with van der Waals surface area (Å²) in [5, 5.41) is 2.73. The molecule has 0 saturated heterocycles. The highest BCUT2D eigenvalue weighted by molar-refractivity contribution is 6.22. The van der Waals surface area contributed by atoms with E-state index >= 15 is 0 Å². The minimum atomic E-state index is -0.447. The molecule has 3 aromatic carbocycles. The molecule has 0 aromatic heterocycles. The van der Waals surface area contributed by atoms with Gasteiger partial charge in [0.25, 0.3) is 17.7 Å². The van der Waals surface area contributed by atoms with Gasteiger partial charge in [-0.05, 0) is 61.4 Å². The van der Waals surface area contributed by atoms with Gasteiger partial charge in [-0.25, -0.2) is 0 Å². The maximum atomic E-state index is 13.0. The highest BCUT2D eigenvalue weighted by Crippen LogP contribution is 2.29. The summed E-state index contributed by atoms with van der Waals surface area (Å²) in [4.78, 5) is 51.4. The summed E-state index contributed by atoms with van der Waals surface area (Å²) < 4.78 is 10.5. The summed E-state index contributed by atoms with van der Waals surface area (Å²) in [6, 6.07) is 16.4. The fraction of sp³-hybridized carbons (Fsp3) is 0.185. The van der Waals surface area contributed by atoms with Gasteiger partial charge in [0.1, 0.15) is 0 Å². The normalized spacial score (nSPS) is 12.4. The van der Waals surface area contributed by atoms with Gasteiger partial charge in [0.05, 0.1) is 25.3 Å². The molecule has 1 N–H and O–H groups in total. The van der Waals surface area contributed by atoms with Crippen LogP contribution in [0.4, 0.5) is 5.69 Å². The van der Waals surface area contributed by atoms with E-state index in [9.17, 15) is 19.2 Å². The molecule has 3 aromatic rings. The van der Waals surface area contributed by atoms with E-state index in [0.29, 0.717) is 29.2 Å². The Balaban J connectivity index is 1.48. The van der Waals surface area contributed by atoms with Crippen LogP contribution in [0.5, 0.6) is 11.5 Å². The van der Waals surface area contributed by atoms with E-state index in [2.05, 4.69) is 5.32 Å². The second-order valence-electron chi connectivity index (χ2n) is 8.05. The van der Waals surface area contributed by atoms with E-state index in [-0.39, 0.29) is 29.0 Å². The highest BCUT2D eigenvalue weighted by atomic mass is 16.5. The van der Waals surface area contributed by atoms with Gasteiger partial charge in [-0.2, -0.15) is 0 Å². The van der Waals surface area contributed by atoms with E-state index < -0.39 is 17.7 Å². The van der Waals surface area contributed by atoms with Crippen LogP contribution < -0.4 is 14.8 Å². The molecule has 0 bridgehead atoms. The molecule has 0 fully saturated rings. The Morgan fingerprint density at radius 2 is 1.57 bits per heavy atom. The van der Waals surface area contributed by atoms with Crippen molar-refractivity contribution in [3.8, 4) is 11.5 Å². The molecule has 0 atom stereocenters. The average molecular weight is 472 g/mol. The number of methoxy groups -OCH3 is 2. The number of hydrogen-bond acceptors (Lipinski definition) is 6. The lowest BCUT2D eigenvalue weighted by Crippen LogP contribution is -2.31. The molecule has 0 spiro atoms. The second-order valence-corrected chi connectivity index (χ2v) is 8.05. The van der Waals surface area contributed by atoms with Crippen molar-refractivity contribution in [3.05, 3.63) is 88.5 Å². The van der Waals surface area contributed by atoms with Gasteiger partial charge in [0, 0.05) is 23.4 Å². The summed E-state index contributed by atoms with van der Waals surface area (Å²) >= 11 is 0. The average Bonchev–Trinajstić information content (AvgIpc) is 3.11. The number of ether oxygens (including phenoxy) is 2. The Hall–Kier alpha value is -4.46. The zero-order valence-electron chi connectivity index (χ0n) is 19.6. The lowest BCUT2D eigenvalue weighted by Gasteiger charge is -2.14. The molecule has 178 valence electrons. The molecule has 0 aliphatic carbocycles. The molecule has 0 unspecified atom stereocenters. The van der Waals surface area contributed by atoms with E-state index in [0.717, 1.165) is 5.56 Å². The summed E-state index contributed by atoms with van der Waals surface area (Å²) in [5.74, 6) is -0.244. The number of anilines is 1. The predicted octanol–water partition coefficient (Wildman–Crippen LogP) is 4.00. The smallest absolute Gasteiger partial charge is 0.261 e. The van der Waals surface area contributed by atoms with Crippen LogP contribution >= 0.6 is 0 Å². The number of rotatable bonds is 8. The zero-order valence-corrected chi connectivity index (χ0v) is 19.6. The second kappa shape index (κ2) is 9.80. The third-order valence-corrected chi connectivity index (χ3v) is 5.83. The number of ketones is 1. The SMILES string of the molecule is COc1ccc(CCN2C(=O)c3ccc(C(=O)Nc4cccc(C(C)=O)c4)cc3C2=O)cc1OC. The quantitative estimate of drug-likeness (QED) is 0.393. The van der Waals surface area contributed by atoms with Crippen LogP contribution in [0.2, 0.25) is 0 Å². The maximum Gasteiger partial charge on any atom is 0.261 e. The molecule has 8 nitrogen and oxygen atoms in total. The summed E-state index contributed by atoms with van der Waals surface area (Å²) in [7, 11) is 3.09. The zero-order chi connectivity index (χ0) is 25.1. The van der Waals surface area contributed by atoms with Crippen LogP contribution in [0.15, 0.2) is 60.7 Å². The Morgan fingerprint density at radius 1 is 0.829 bits per heavy atom. The van der Waals surface area contributed by atoms with Crippen LogP contribution in [-0.2, 0) is 6.42 Å². The maximum absolute atomic E-state index is 13.0. The Morgan fingerprint density at radius 3 is 2.29 bits per heavy atom. The van der Waals surface area contributed by atoms with Gasteiger partial charge in [-0.1, -0.05) is 18.2 Å². The molecular weight excluding hydrogens is 448 g/mol. The Labute approximate surface area is 202 Å². The molecule has 35 heavy (non-hydrogen) atoms. The first kappa shape index (κ1) is 23.7. The molecule has 3 amide bonds. The number of benzene rings is 3. The molecule has 1 aliphatic rings. The summed E-state index contributed by atoms with van der Waals surface area (Å²) in [6.07, 6.45) is 0.436. The summed E-state index contributed by atoms with van der Waals surface area (Å²) in [5.41, 5.74) is 2.50. The number of amides is 3. The summed E-state index contributed by atoms with van der Waals surface area (Å²) in [6.45, 7) is 1.63. The van der Waals surface area contributed by atoms with Crippen molar-refractivity contribution in [2.75, 3.05) is 26.1 Å². The fourth-order valence-electron chi connectivity index (χ4n) is 3.93. The third kappa shape index (κ3) is 4.77. The molecule has 1 heterocycles. The molecular formula is C27H24N2O6. The number of fused-ring (bicyclic) bond motifs is 1. The Bertz CT molecular complexity index is 1350. The third-order valence-electron chi connectivity index (χ3n) is 5.83. The van der Waals surface area contributed by atoms with Crippen molar-refractivity contribution in [2.45, 2.75) is 13.3 Å². The van der Waals surface area contributed by atoms with Crippen LogP contribution in [-0.4, -0.2) is 49.2 Å². The number of nitrogens with zero attached hydrogens (tertiary/aromatic N) is 1. The molecule has 0 saturated carbocycles. The first-order valence-electron chi connectivity index (χ1n) is 11.0. The minimum absolute atomic E-state index is 0.115. The van der Waals surface area contributed by atoms with Gasteiger partial charge in [-0.15, -0.1) is 0 Å². The van der Waals surface area contributed by atoms with Crippen molar-refractivity contribution < 1.29 is 28.7 Å². The van der Waals surface area contributed by atoms with E-state index in [1.165, 1.54) is 30.0 Å². The minimum Gasteiger partial charge on any atom is -0.493 e. The van der Waals surface area contributed by atoms with Crippen molar-refractivity contribution >= 4 is 29.2 Å². The lowest BCUT2D eigenvalue weighted by molar-refractivity contribution is 0.0655. The molecule has 1 aliphatic heterocycles. The monoisotopic (exact) mass is 472 g/mol. The molecule has 4 rings (SSSR count). The predicted molar refractivity (Wildman–Crippen MR) is 129 cm³/mol. The van der Waals surface area contributed by atoms with Gasteiger partial charge in [0.2, 0.25) is 0 Å². The van der Waals surface area contributed by atoms with Crippen molar-refractivity contribution in [1.82, 2.24) is 4.90 Å². The van der Waals surface area contributed by atoms with Crippen LogP contribution in [0.3, 0.4) is 0 Å². The van der Waals surface area contributed by atoms with Crippen molar-refractivity contribution in [2.24, 2.45) is 0 Å². The van der Waals surface area contributed by atoms with Crippen LogP contribution in [0.25, 0.3) is 0 Å². The number of carbonyl (C=O) groups excluding carboxylic acids is 4. The topological polar surface area (TPSA) is 102 Å². The number of carbonyl (C=O) groups is 4. The Kier molecular flexibility index (Phi) is 6.64. The van der Waals surface area contributed by atoms with Gasteiger partial charge in [0.15, 0.2) is 17.3 Å². The van der Waals surface area contributed by atoms with E-state index in [4.69, 9.17) is 9.47 Å². The number of Topliss-reactive ketones (excluding diaryl/α,β-unsaturated/α-hetero) is 1. The molecule has 8 heteroatoms. The standard InChI is InChI=1S/C27H24N2O6/c1-16(30)18-5-4-6-20(14-18)28-25(31)19-8-9-21-22(15-19)27(33)29(26(21)32)12-11-17-7-10-23(34-2)24(13-17)35-3/h4-10,13-15H,11-12H2,1-3H3,(H,28,31). The highest BCUT2D eigenvalue weighted by Gasteiger charge is 2.35.